The zero-order valence-electron chi connectivity index (χ0n) is 7.27. The third-order valence-corrected chi connectivity index (χ3v) is 3.92. The van der Waals surface area contributed by atoms with Gasteiger partial charge in [-0.3, -0.25) is 0 Å². The highest BCUT2D eigenvalue weighted by Crippen LogP contribution is 2.51. The Hall–Kier alpha value is -0.0400. The molecule has 0 amide bonds. The molecule has 11 heavy (non-hydrogen) atoms. The standard InChI is InChI=1S/C10H17N/c1-7-2-8-3-9-6-10(4-7,5-8)11-9/h7-9,11H,2-6H2,1H3. The molecule has 3 bridgehead atoms. The number of rotatable bonds is 0. The van der Waals surface area contributed by atoms with Gasteiger partial charge in [-0.2, -0.15) is 0 Å². The van der Waals surface area contributed by atoms with Crippen molar-refractivity contribution in [2.24, 2.45) is 11.8 Å². The SMILES string of the molecule is CC1CC2CC3CC(C1)(C2)N3. The van der Waals surface area contributed by atoms with Crippen LogP contribution in [0.5, 0.6) is 0 Å². The van der Waals surface area contributed by atoms with E-state index in [1.54, 1.807) is 0 Å². The predicted octanol–water partition coefficient (Wildman–Crippen LogP) is 1.93. The highest BCUT2D eigenvalue weighted by molar-refractivity contribution is 5.11. The fraction of sp³-hybridized carbons (Fsp3) is 1.00. The van der Waals surface area contributed by atoms with Crippen molar-refractivity contribution >= 4 is 0 Å². The Balaban J connectivity index is 1.86. The second-order valence-electron chi connectivity index (χ2n) is 5.18. The molecule has 1 nitrogen and oxygen atoms in total. The average Bonchev–Trinajstić information content (AvgIpc) is 1.81. The highest BCUT2D eigenvalue weighted by atomic mass is 15.1. The fourth-order valence-corrected chi connectivity index (χ4v) is 3.93. The molecule has 0 radical (unpaired) electrons. The largest absolute Gasteiger partial charge is 0.308 e. The molecule has 1 N–H and O–H groups in total. The van der Waals surface area contributed by atoms with Gasteiger partial charge in [-0.25, -0.2) is 0 Å². The van der Waals surface area contributed by atoms with Gasteiger partial charge in [0.25, 0.3) is 0 Å². The highest BCUT2D eigenvalue weighted by Gasteiger charge is 2.52. The first-order valence-electron chi connectivity index (χ1n) is 5.03. The third-order valence-electron chi connectivity index (χ3n) is 3.92. The van der Waals surface area contributed by atoms with Crippen LogP contribution in [0.3, 0.4) is 0 Å². The van der Waals surface area contributed by atoms with E-state index in [0.29, 0.717) is 5.54 Å². The van der Waals surface area contributed by atoms with E-state index >= 15 is 0 Å². The summed E-state index contributed by atoms with van der Waals surface area (Å²) in [5.41, 5.74) is 0.644. The molecule has 0 aromatic heterocycles. The number of hydrogen-bond acceptors (Lipinski definition) is 1. The molecule has 2 heterocycles. The van der Waals surface area contributed by atoms with Crippen molar-refractivity contribution in [1.82, 2.24) is 5.32 Å². The summed E-state index contributed by atoms with van der Waals surface area (Å²) in [6, 6.07) is 0.918. The maximum Gasteiger partial charge on any atom is 0.0204 e. The minimum Gasteiger partial charge on any atom is -0.308 e. The molecule has 1 spiro atoms. The molecule has 2 saturated carbocycles. The van der Waals surface area contributed by atoms with E-state index in [4.69, 9.17) is 0 Å². The summed E-state index contributed by atoms with van der Waals surface area (Å²) < 4.78 is 0. The Morgan fingerprint density at radius 2 is 2.00 bits per heavy atom. The van der Waals surface area contributed by atoms with Crippen molar-refractivity contribution in [2.75, 3.05) is 0 Å². The van der Waals surface area contributed by atoms with E-state index in [1.165, 1.54) is 32.1 Å². The minimum atomic E-state index is 0.644. The molecular weight excluding hydrogens is 134 g/mol. The minimum absolute atomic E-state index is 0.644. The zero-order valence-corrected chi connectivity index (χ0v) is 7.27. The monoisotopic (exact) mass is 151 g/mol. The lowest BCUT2D eigenvalue weighted by atomic mass is 9.57. The molecule has 1 heteroatoms. The van der Waals surface area contributed by atoms with Crippen LogP contribution < -0.4 is 5.32 Å². The molecule has 4 aliphatic rings. The van der Waals surface area contributed by atoms with Crippen molar-refractivity contribution in [2.45, 2.75) is 50.6 Å². The number of nitrogens with one attached hydrogen (secondary N) is 1. The second-order valence-corrected chi connectivity index (χ2v) is 5.18. The molecular formula is C10H17N. The summed E-state index contributed by atoms with van der Waals surface area (Å²) >= 11 is 0. The molecule has 4 atom stereocenters. The summed E-state index contributed by atoms with van der Waals surface area (Å²) in [7, 11) is 0. The first-order valence-corrected chi connectivity index (χ1v) is 5.03. The van der Waals surface area contributed by atoms with Crippen LogP contribution in [-0.2, 0) is 0 Å². The van der Waals surface area contributed by atoms with Gasteiger partial charge in [-0.05, 0) is 43.9 Å². The normalized spacial score (nSPS) is 60.3. The number of hydrogen-bond donors (Lipinski definition) is 1. The van der Waals surface area contributed by atoms with Crippen molar-refractivity contribution in [3.63, 3.8) is 0 Å². The van der Waals surface area contributed by atoms with Crippen LogP contribution in [0, 0.1) is 11.8 Å². The summed E-state index contributed by atoms with van der Waals surface area (Å²) in [6.45, 7) is 2.42. The van der Waals surface area contributed by atoms with E-state index in [9.17, 15) is 0 Å². The Morgan fingerprint density at radius 1 is 1.18 bits per heavy atom. The molecule has 0 aromatic rings. The van der Waals surface area contributed by atoms with Crippen LogP contribution in [0.4, 0.5) is 0 Å². The maximum atomic E-state index is 3.75. The molecule has 2 saturated heterocycles. The Kier molecular flexibility index (Phi) is 1.07. The van der Waals surface area contributed by atoms with Gasteiger partial charge in [0.15, 0.2) is 0 Å². The van der Waals surface area contributed by atoms with E-state index in [-0.39, 0.29) is 0 Å². The Labute approximate surface area is 68.6 Å². The predicted molar refractivity (Wildman–Crippen MR) is 45.4 cm³/mol. The van der Waals surface area contributed by atoms with Crippen molar-refractivity contribution < 1.29 is 0 Å². The summed E-state index contributed by atoms with van der Waals surface area (Å²) in [5, 5.41) is 3.75. The van der Waals surface area contributed by atoms with Crippen molar-refractivity contribution in [3.05, 3.63) is 0 Å². The van der Waals surface area contributed by atoms with Crippen LogP contribution in [0.1, 0.15) is 39.0 Å². The number of piperidine rings is 1. The second kappa shape index (κ2) is 1.82. The van der Waals surface area contributed by atoms with Crippen molar-refractivity contribution in [3.8, 4) is 0 Å². The van der Waals surface area contributed by atoms with Crippen LogP contribution in [0.25, 0.3) is 0 Å². The lowest BCUT2D eigenvalue weighted by Gasteiger charge is -2.61. The molecule has 0 aromatic carbocycles. The van der Waals surface area contributed by atoms with Gasteiger partial charge in [-0.1, -0.05) is 6.92 Å². The smallest absolute Gasteiger partial charge is 0.0204 e. The Morgan fingerprint density at radius 3 is 2.73 bits per heavy atom. The Bertz CT molecular complexity index is 173. The van der Waals surface area contributed by atoms with E-state index < -0.39 is 0 Å². The first-order chi connectivity index (χ1) is 5.26. The van der Waals surface area contributed by atoms with Crippen LogP contribution in [0.15, 0.2) is 0 Å². The topological polar surface area (TPSA) is 12.0 Å². The first kappa shape index (κ1) is 6.47. The average molecular weight is 151 g/mol. The summed E-state index contributed by atoms with van der Waals surface area (Å²) in [4.78, 5) is 0. The summed E-state index contributed by atoms with van der Waals surface area (Å²) in [6.07, 6.45) is 7.44. The van der Waals surface area contributed by atoms with Crippen LogP contribution in [-0.4, -0.2) is 11.6 Å². The van der Waals surface area contributed by atoms with E-state index in [0.717, 1.165) is 17.9 Å². The van der Waals surface area contributed by atoms with Crippen LogP contribution in [0.2, 0.25) is 0 Å². The molecule has 4 unspecified atom stereocenters. The van der Waals surface area contributed by atoms with E-state index in [1.807, 2.05) is 0 Å². The molecule has 2 aliphatic heterocycles. The lowest BCUT2D eigenvalue weighted by Crippen LogP contribution is -2.70. The molecule has 4 fully saturated rings. The maximum absolute atomic E-state index is 3.75. The fourth-order valence-electron chi connectivity index (χ4n) is 3.93. The third kappa shape index (κ3) is 0.807. The van der Waals surface area contributed by atoms with Gasteiger partial charge < -0.3 is 5.32 Å². The van der Waals surface area contributed by atoms with Gasteiger partial charge >= 0.3 is 0 Å². The van der Waals surface area contributed by atoms with Gasteiger partial charge in [0.2, 0.25) is 0 Å². The van der Waals surface area contributed by atoms with Gasteiger partial charge in [0.1, 0.15) is 0 Å². The quantitative estimate of drug-likeness (QED) is 0.558. The van der Waals surface area contributed by atoms with Gasteiger partial charge in [0, 0.05) is 11.6 Å². The van der Waals surface area contributed by atoms with Crippen LogP contribution >= 0.6 is 0 Å². The zero-order chi connectivity index (χ0) is 7.47. The molecule has 62 valence electrons. The lowest BCUT2D eigenvalue weighted by molar-refractivity contribution is -0.0261. The van der Waals surface area contributed by atoms with E-state index in [2.05, 4.69) is 12.2 Å². The van der Waals surface area contributed by atoms with Gasteiger partial charge in [0.05, 0.1) is 0 Å². The summed E-state index contributed by atoms with van der Waals surface area (Å²) in [5.74, 6) is 2.07. The van der Waals surface area contributed by atoms with Gasteiger partial charge in [-0.15, -0.1) is 0 Å². The molecule has 2 aliphatic carbocycles. The molecule has 4 rings (SSSR count). The van der Waals surface area contributed by atoms with Crippen molar-refractivity contribution in [1.29, 1.82) is 0 Å².